The maximum atomic E-state index is 12.3. The number of nitrogens with zero attached hydrogens (tertiary/aromatic N) is 2. The molecule has 0 bridgehead atoms. The van der Waals surface area contributed by atoms with E-state index in [2.05, 4.69) is 4.98 Å². The van der Waals surface area contributed by atoms with Gasteiger partial charge in [0.05, 0.1) is 6.54 Å². The Morgan fingerprint density at radius 3 is 2.47 bits per heavy atom. The number of sulfone groups is 1. The van der Waals surface area contributed by atoms with Crippen molar-refractivity contribution in [3.8, 4) is 11.1 Å². The molecule has 1 fully saturated rings. The van der Waals surface area contributed by atoms with Crippen LogP contribution in [0.1, 0.15) is 13.3 Å². The van der Waals surface area contributed by atoms with Crippen LogP contribution < -0.4 is 10.4 Å². The number of hydroxylamine groups is 1. The number of carbonyl (C=O) groups excluding carboxylic acids is 2. The van der Waals surface area contributed by atoms with E-state index in [1.54, 1.807) is 30.5 Å². The fourth-order valence-corrected chi connectivity index (χ4v) is 4.14. The number of amides is 2. The summed E-state index contributed by atoms with van der Waals surface area (Å²) < 4.78 is 27.5. The lowest BCUT2D eigenvalue weighted by Gasteiger charge is -2.26. The Hall–Kier alpha value is -2.69. The molecular formula is C19H20ClN3O6S. The minimum atomic E-state index is -3.91. The number of pyridine rings is 1. The van der Waals surface area contributed by atoms with Crippen LogP contribution >= 0.6 is 11.6 Å². The lowest BCUT2D eigenvalue weighted by Crippen LogP contribution is -2.51. The van der Waals surface area contributed by atoms with Gasteiger partial charge >= 0.3 is 6.09 Å². The van der Waals surface area contributed by atoms with Gasteiger partial charge in [0.25, 0.3) is 5.91 Å². The summed E-state index contributed by atoms with van der Waals surface area (Å²) in [6.07, 6.45) is 0.579. The van der Waals surface area contributed by atoms with Crippen molar-refractivity contribution in [3.05, 3.63) is 47.6 Å². The van der Waals surface area contributed by atoms with Gasteiger partial charge in [-0.1, -0.05) is 23.7 Å². The Kier molecular flexibility index (Phi) is 6.02. The second kappa shape index (κ2) is 8.21. The first-order chi connectivity index (χ1) is 14.0. The van der Waals surface area contributed by atoms with E-state index in [1.807, 2.05) is 12.1 Å². The van der Waals surface area contributed by atoms with Crippen LogP contribution in [-0.2, 0) is 19.4 Å². The summed E-state index contributed by atoms with van der Waals surface area (Å²) in [5, 5.41) is 9.54. The normalized spacial score (nSPS) is 18.6. The molecule has 9 nitrogen and oxygen atoms in total. The number of hydrogen-bond donors (Lipinski definition) is 2. The molecule has 1 aliphatic rings. The fourth-order valence-electron chi connectivity index (χ4n) is 3.14. The van der Waals surface area contributed by atoms with E-state index in [1.165, 1.54) is 17.3 Å². The van der Waals surface area contributed by atoms with E-state index in [0.717, 1.165) is 17.4 Å². The Morgan fingerprint density at radius 1 is 1.30 bits per heavy atom. The zero-order chi connectivity index (χ0) is 22.1. The minimum Gasteiger partial charge on any atom is -0.444 e. The summed E-state index contributed by atoms with van der Waals surface area (Å²) in [6.45, 7) is 1.18. The number of carbonyl (C=O) groups is 2. The predicted molar refractivity (Wildman–Crippen MR) is 110 cm³/mol. The minimum absolute atomic E-state index is 0.00986. The molecule has 0 spiro atoms. The van der Waals surface area contributed by atoms with E-state index in [4.69, 9.17) is 21.5 Å². The SMILES string of the molecule is C[C@@](C[C@H]1CN(c2ccc(-c3ccc(Cl)cc3)cn2)C(=O)O1)(C(=O)NO)S(C)(=O)=O. The first-order valence-corrected chi connectivity index (χ1v) is 11.2. The number of halogens is 1. The van der Waals surface area contributed by atoms with Gasteiger partial charge < -0.3 is 4.74 Å². The van der Waals surface area contributed by atoms with Gasteiger partial charge in [-0.05, 0) is 36.8 Å². The molecule has 1 aromatic carbocycles. The number of nitrogens with one attached hydrogen (secondary N) is 1. The van der Waals surface area contributed by atoms with Crippen LogP contribution in [0.2, 0.25) is 5.02 Å². The Bertz CT molecular complexity index is 1060. The van der Waals surface area contributed by atoms with Gasteiger partial charge in [0.15, 0.2) is 14.6 Å². The highest BCUT2D eigenvalue weighted by atomic mass is 35.5. The number of hydrogen-bond acceptors (Lipinski definition) is 7. The molecule has 160 valence electrons. The van der Waals surface area contributed by atoms with E-state index < -0.39 is 32.7 Å². The largest absolute Gasteiger partial charge is 0.444 e. The van der Waals surface area contributed by atoms with Gasteiger partial charge in [-0.3, -0.25) is 14.9 Å². The molecule has 1 aromatic heterocycles. The topological polar surface area (TPSA) is 126 Å². The van der Waals surface area contributed by atoms with Crippen LogP contribution in [-0.4, -0.2) is 54.3 Å². The molecule has 3 rings (SSSR count). The number of ether oxygens (including phenoxy) is 1. The zero-order valence-electron chi connectivity index (χ0n) is 16.2. The van der Waals surface area contributed by atoms with Crippen LogP contribution in [0.4, 0.5) is 10.6 Å². The number of benzene rings is 1. The number of aromatic nitrogens is 1. The summed E-state index contributed by atoms with van der Waals surface area (Å²) in [4.78, 5) is 29.8. The van der Waals surface area contributed by atoms with Crippen LogP contribution in [0.3, 0.4) is 0 Å². The van der Waals surface area contributed by atoms with Crippen molar-refractivity contribution in [2.45, 2.75) is 24.2 Å². The molecule has 2 heterocycles. The Labute approximate surface area is 178 Å². The molecule has 11 heteroatoms. The first kappa shape index (κ1) is 22.0. The average Bonchev–Trinajstić information content (AvgIpc) is 3.07. The first-order valence-electron chi connectivity index (χ1n) is 8.89. The van der Waals surface area contributed by atoms with Crippen molar-refractivity contribution in [1.82, 2.24) is 10.5 Å². The van der Waals surface area contributed by atoms with Gasteiger partial charge in [0, 0.05) is 29.5 Å². The monoisotopic (exact) mass is 453 g/mol. The lowest BCUT2D eigenvalue weighted by molar-refractivity contribution is -0.132. The van der Waals surface area contributed by atoms with Crippen molar-refractivity contribution in [2.24, 2.45) is 0 Å². The maximum absolute atomic E-state index is 12.3. The third-order valence-corrected chi connectivity index (χ3v) is 7.33. The molecule has 2 amide bonds. The summed E-state index contributed by atoms with van der Waals surface area (Å²) >= 11 is 5.89. The second-order valence-corrected chi connectivity index (χ2v) is 10.1. The van der Waals surface area contributed by atoms with E-state index in [-0.39, 0.29) is 13.0 Å². The number of rotatable bonds is 6. The van der Waals surface area contributed by atoms with Gasteiger partial charge in [-0.25, -0.2) is 23.7 Å². The number of anilines is 1. The molecule has 0 aliphatic carbocycles. The van der Waals surface area contributed by atoms with Gasteiger partial charge in [-0.15, -0.1) is 0 Å². The molecule has 1 aliphatic heterocycles. The van der Waals surface area contributed by atoms with E-state index in [9.17, 15) is 18.0 Å². The summed E-state index contributed by atoms with van der Waals surface area (Å²) in [5.41, 5.74) is 3.10. The molecule has 2 atom stereocenters. The van der Waals surface area contributed by atoms with Gasteiger partial charge in [0.1, 0.15) is 11.9 Å². The van der Waals surface area contributed by atoms with Crippen molar-refractivity contribution in [3.63, 3.8) is 0 Å². The van der Waals surface area contributed by atoms with E-state index >= 15 is 0 Å². The third-order valence-electron chi connectivity index (χ3n) is 5.09. The van der Waals surface area contributed by atoms with Crippen LogP contribution in [0.15, 0.2) is 42.6 Å². The fraction of sp³-hybridized carbons (Fsp3) is 0.316. The smallest absolute Gasteiger partial charge is 0.415 e. The van der Waals surface area contributed by atoms with Gasteiger partial charge in [0.2, 0.25) is 0 Å². The van der Waals surface area contributed by atoms with Gasteiger partial charge in [-0.2, -0.15) is 0 Å². The standard InChI is InChI=1S/C19H20ClN3O6S/c1-19(17(24)22-26,30(2,27)28)9-15-11-23(18(25)29-15)16-8-5-13(10-21-16)12-3-6-14(20)7-4-12/h3-8,10,15,26H,9,11H2,1-2H3,(H,22,24)/t15-,19+/m0/s1. The summed E-state index contributed by atoms with van der Waals surface area (Å²) in [6, 6.07) is 10.6. The third kappa shape index (κ3) is 4.25. The summed E-state index contributed by atoms with van der Waals surface area (Å²) in [7, 11) is -3.91. The van der Waals surface area contributed by atoms with Crippen LogP contribution in [0.25, 0.3) is 11.1 Å². The van der Waals surface area contributed by atoms with E-state index in [0.29, 0.717) is 10.8 Å². The average molecular weight is 454 g/mol. The van der Waals surface area contributed by atoms with Crippen molar-refractivity contribution >= 4 is 39.3 Å². The second-order valence-electron chi connectivity index (χ2n) is 7.18. The highest BCUT2D eigenvalue weighted by Gasteiger charge is 2.48. The highest BCUT2D eigenvalue weighted by Crippen LogP contribution is 2.30. The highest BCUT2D eigenvalue weighted by molar-refractivity contribution is 7.92. The molecule has 0 unspecified atom stereocenters. The molecule has 1 saturated heterocycles. The van der Waals surface area contributed by atoms with Crippen molar-refractivity contribution in [1.29, 1.82) is 0 Å². The lowest BCUT2D eigenvalue weighted by atomic mass is 10.0. The zero-order valence-corrected chi connectivity index (χ0v) is 17.8. The predicted octanol–water partition coefficient (Wildman–Crippen LogP) is 2.43. The summed E-state index contributed by atoms with van der Waals surface area (Å²) in [5.74, 6) is -0.766. The van der Waals surface area contributed by atoms with Crippen LogP contribution in [0.5, 0.6) is 0 Å². The maximum Gasteiger partial charge on any atom is 0.415 e. The number of cyclic esters (lactones) is 1. The molecule has 30 heavy (non-hydrogen) atoms. The van der Waals surface area contributed by atoms with Crippen molar-refractivity contribution < 1.29 is 28.0 Å². The quantitative estimate of drug-likeness (QED) is 0.508. The molecule has 2 N–H and O–H groups in total. The van der Waals surface area contributed by atoms with Crippen molar-refractivity contribution in [2.75, 3.05) is 17.7 Å². The Balaban J connectivity index is 1.77. The molecule has 2 aromatic rings. The Morgan fingerprint density at radius 2 is 1.93 bits per heavy atom. The van der Waals surface area contributed by atoms with Crippen LogP contribution in [0, 0.1) is 0 Å². The molecule has 0 saturated carbocycles. The molecular weight excluding hydrogens is 434 g/mol. The molecule has 0 radical (unpaired) electrons.